The lowest BCUT2D eigenvalue weighted by molar-refractivity contribution is -0.133. The van der Waals surface area contributed by atoms with Crippen LogP contribution in [0.4, 0.5) is 0 Å². The number of amides is 1. The Morgan fingerprint density at radius 3 is 2.46 bits per heavy atom. The van der Waals surface area contributed by atoms with Gasteiger partial charge in [0.1, 0.15) is 6.54 Å². The maximum Gasteiger partial charge on any atom is 0.254 e. The highest BCUT2D eigenvalue weighted by Gasteiger charge is 2.19. The Labute approximate surface area is 145 Å². The molecule has 2 heterocycles. The molecule has 0 radical (unpaired) electrons. The Balaban J connectivity index is 1.72. The van der Waals surface area contributed by atoms with Crippen molar-refractivity contribution in [3.05, 3.63) is 52.0 Å². The number of halogens is 1. The molecular weight excluding hydrogens is 328 g/mol. The van der Waals surface area contributed by atoms with Crippen LogP contribution in [0.25, 0.3) is 11.3 Å². The van der Waals surface area contributed by atoms with Crippen molar-refractivity contribution in [3.8, 4) is 11.3 Å². The van der Waals surface area contributed by atoms with Crippen molar-refractivity contribution in [2.24, 2.45) is 0 Å². The number of hydrogen-bond acceptors (Lipinski definition) is 4. The number of carbonyl (C=O) groups is 1. The fraction of sp³-hybridized carbons (Fsp3) is 0.353. The quantitative estimate of drug-likeness (QED) is 0.841. The number of hydrogen-bond donors (Lipinski definition) is 0. The second-order valence-electron chi connectivity index (χ2n) is 5.93. The minimum absolute atomic E-state index is 0.0243. The maximum absolute atomic E-state index is 12.3. The summed E-state index contributed by atoms with van der Waals surface area (Å²) in [6, 6.07) is 8.57. The van der Waals surface area contributed by atoms with Gasteiger partial charge < -0.3 is 9.80 Å². The molecule has 6 nitrogen and oxygen atoms in total. The summed E-state index contributed by atoms with van der Waals surface area (Å²) >= 11 is 5.86. The fourth-order valence-electron chi connectivity index (χ4n) is 2.62. The third-order valence-electron chi connectivity index (χ3n) is 4.18. The second kappa shape index (κ2) is 7.15. The van der Waals surface area contributed by atoms with Gasteiger partial charge in [0.25, 0.3) is 5.56 Å². The number of likely N-dealkylation sites (N-methyl/N-ethyl adjacent to an activating group) is 1. The summed E-state index contributed by atoms with van der Waals surface area (Å²) in [5, 5.41) is 0.630. The summed E-state index contributed by atoms with van der Waals surface area (Å²) in [6.45, 7) is 3.12. The molecule has 1 aliphatic heterocycles. The first-order valence-corrected chi connectivity index (χ1v) is 8.19. The zero-order valence-electron chi connectivity index (χ0n) is 13.5. The van der Waals surface area contributed by atoms with Crippen molar-refractivity contribution in [2.75, 3.05) is 33.2 Å². The van der Waals surface area contributed by atoms with Crippen molar-refractivity contribution in [1.82, 2.24) is 19.4 Å². The van der Waals surface area contributed by atoms with E-state index < -0.39 is 0 Å². The molecule has 3 rings (SSSR count). The van der Waals surface area contributed by atoms with E-state index in [2.05, 4.69) is 9.88 Å². The first-order chi connectivity index (χ1) is 11.5. The third-order valence-corrected chi connectivity index (χ3v) is 4.43. The number of benzene rings is 1. The smallest absolute Gasteiger partial charge is 0.254 e. The van der Waals surface area contributed by atoms with E-state index in [1.165, 1.54) is 17.0 Å². The molecule has 0 atom stereocenters. The minimum atomic E-state index is -0.238. The lowest BCUT2D eigenvalue weighted by atomic mass is 10.1. The first-order valence-electron chi connectivity index (χ1n) is 7.82. The number of nitrogens with zero attached hydrogens (tertiary/aromatic N) is 4. The van der Waals surface area contributed by atoms with Gasteiger partial charge >= 0.3 is 0 Å². The zero-order chi connectivity index (χ0) is 17.1. The lowest BCUT2D eigenvalue weighted by Crippen LogP contribution is -2.48. The number of piperazine rings is 1. The van der Waals surface area contributed by atoms with Crippen molar-refractivity contribution >= 4 is 17.5 Å². The number of carbonyl (C=O) groups excluding carboxylic acids is 1. The molecule has 1 amide bonds. The van der Waals surface area contributed by atoms with Crippen LogP contribution in [0.15, 0.2) is 41.5 Å². The van der Waals surface area contributed by atoms with Crippen molar-refractivity contribution in [1.29, 1.82) is 0 Å². The SMILES string of the molecule is CN1CCN(C(=O)Cn2cnc(-c3ccc(Cl)cc3)cc2=O)CC1. The Hall–Kier alpha value is -2.18. The molecule has 0 N–H and O–H groups in total. The summed E-state index contributed by atoms with van der Waals surface area (Å²) < 4.78 is 1.35. The highest BCUT2D eigenvalue weighted by Crippen LogP contribution is 2.17. The monoisotopic (exact) mass is 346 g/mol. The average molecular weight is 347 g/mol. The largest absolute Gasteiger partial charge is 0.339 e. The Kier molecular flexibility index (Phi) is 4.97. The molecule has 0 saturated carbocycles. The lowest BCUT2D eigenvalue weighted by Gasteiger charge is -2.32. The normalized spacial score (nSPS) is 15.5. The van der Waals surface area contributed by atoms with Crippen LogP contribution in [-0.2, 0) is 11.3 Å². The van der Waals surface area contributed by atoms with Crippen molar-refractivity contribution < 1.29 is 4.79 Å². The summed E-state index contributed by atoms with van der Waals surface area (Å²) in [5.74, 6) is -0.0498. The Bertz CT molecular complexity index is 780. The van der Waals surface area contributed by atoms with E-state index >= 15 is 0 Å². The van der Waals surface area contributed by atoms with Crippen LogP contribution in [0.1, 0.15) is 0 Å². The van der Waals surface area contributed by atoms with Crippen LogP contribution in [0.2, 0.25) is 5.02 Å². The van der Waals surface area contributed by atoms with Gasteiger partial charge in [0.05, 0.1) is 12.0 Å². The average Bonchev–Trinajstić information content (AvgIpc) is 2.58. The van der Waals surface area contributed by atoms with E-state index in [9.17, 15) is 9.59 Å². The van der Waals surface area contributed by atoms with Crippen molar-refractivity contribution in [3.63, 3.8) is 0 Å². The topological polar surface area (TPSA) is 58.4 Å². The Morgan fingerprint density at radius 1 is 1.17 bits per heavy atom. The van der Waals surface area contributed by atoms with E-state index in [0.717, 1.165) is 18.7 Å². The molecule has 126 valence electrons. The van der Waals surface area contributed by atoms with E-state index in [1.807, 2.05) is 19.2 Å². The van der Waals surface area contributed by atoms with E-state index in [1.54, 1.807) is 17.0 Å². The molecule has 7 heteroatoms. The molecule has 1 fully saturated rings. The second-order valence-corrected chi connectivity index (χ2v) is 6.37. The summed E-state index contributed by atoms with van der Waals surface area (Å²) in [6.07, 6.45) is 1.43. The molecule has 24 heavy (non-hydrogen) atoms. The predicted octanol–water partition coefficient (Wildman–Crippen LogP) is 1.34. The zero-order valence-corrected chi connectivity index (χ0v) is 14.2. The van der Waals surface area contributed by atoms with Gasteiger partial charge in [-0.1, -0.05) is 23.7 Å². The highest BCUT2D eigenvalue weighted by atomic mass is 35.5. The van der Waals surface area contributed by atoms with Gasteiger partial charge in [-0.25, -0.2) is 4.98 Å². The standard InChI is InChI=1S/C17H19ClN4O2/c1-20-6-8-21(9-7-20)17(24)11-22-12-19-15(10-16(22)23)13-2-4-14(18)5-3-13/h2-5,10,12H,6-9,11H2,1H3. The molecule has 1 aromatic carbocycles. The number of aromatic nitrogens is 2. The summed E-state index contributed by atoms with van der Waals surface area (Å²) in [5.41, 5.74) is 1.14. The molecule has 1 saturated heterocycles. The van der Waals surface area contributed by atoms with Crippen LogP contribution in [-0.4, -0.2) is 58.5 Å². The highest BCUT2D eigenvalue weighted by molar-refractivity contribution is 6.30. The molecule has 0 unspecified atom stereocenters. The minimum Gasteiger partial charge on any atom is -0.339 e. The maximum atomic E-state index is 12.3. The fourth-order valence-corrected chi connectivity index (χ4v) is 2.75. The van der Waals surface area contributed by atoms with Gasteiger partial charge in [-0.05, 0) is 19.2 Å². The van der Waals surface area contributed by atoms with Gasteiger partial charge in [-0.3, -0.25) is 14.2 Å². The Morgan fingerprint density at radius 2 is 1.83 bits per heavy atom. The van der Waals surface area contributed by atoms with Crippen LogP contribution in [0, 0.1) is 0 Å². The van der Waals surface area contributed by atoms with E-state index in [4.69, 9.17) is 11.6 Å². The van der Waals surface area contributed by atoms with Gasteiger partial charge in [-0.15, -0.1) is 0 Å². The molecular formula is C17H19ClN4O2. The molecule has 1 aromatic heterocycles. The third kappa shape index (κ3) is 3.83. The molecule has 0 bridgehead atoms. The van der Waals surface area contributed by atoms with Crippen LogP contribution < -0.4 is 5.56 Å². The van der Waals surface area contributed by atoms with E-state index in [0.29, 0.717) is 23.8 Å². The van der Waals surface area contributed by atoms with Crippen LogP contribution in [0.3, 0.4) is 0 Å². The summed E-state index contributed by atoms with van der Waals surface area (Å²) in [4.78, 5) is 32.9. The predicted molar refractivity (Wildman–Crippen MR) is 93.0 cm³/mol. The van der Waals surface area contributed by atoms with E-state index in [-0.39, 0.29) is 18.0 Å². The summed E-state index contributed by atoms with van der Waals surface area (Å²) in [7, 11) is 2.03. The van der Waals surface area contributed by atoms with Crippen LogP contribution in [0.5, 0.6) is 0 Å². The van der Waals surface area contributed by atoms with Gasteiger partial charge in [-0.2, -0.15) is 0 Å². The van der Waals surface area contributed by atoms with Gasteiger partial charge in [0, 0.05) is 42.8 Å². The molecule has 1 aliphatic rings. The van der Waals surface area contributed by atoms with Gasteiger partial charge in [0.2, 0.25) is 5.91 Å². The van der Waals surface area contributed by atoms with Gasteiger partial charge in [0.15, 0.2) is 0 Å². The molecule has 0 spiro atoms. The number of rotatable bonds is 3. The first kappa shape index (κ1) is 16.7. The molecule has 0 aliphatic carbocycles. The van der Waals surface area contributed by atoms with Crippen LogP contribution >= 0.6 is 11.6 Å². The molecule has 2 aromatic rings. The van der Waals surface area contributed by atoms with Crippen molar-refractivity contribution in [2.45, 2.75) is 6.54 Å².